The van der Waals surface area contributed by atoms with Crippen molar-refractivity contribution in [2.75, 3.05) is 5.32 Å². The van der Waals surface area contributed by atoms with Crippen LogP contribution >= 0.6 is 0 Å². The van der Waals surface area contributed by atoms with Gasteiger partial charge >= 0.3 is 0 Å². The van der Waals surface area contributed by atoms with E-state index in [0.717, 1.165) is 42.1 Å². The summed E-state index contributed by atoms with van der Waals surface area (Å²) < 4.78 is 0. The van der Waals surface area contributed by atoms with Crippen LogP contribution in [0.3, 0.4) is 0 Å². The number of rotatable bonds is 13. The third kappa shape index (κ3) is 8.91. The second-order valence-electron chi connectivity index (χ2n) is 8.60. The molecule has 0 aliphatic carbocycles. The number of amides is 2. The number of hydrogen-bond acceptors (Lipinski definition) is 3. The van der Waals surface area contributed by atoms with Gasteiger partial charge in [-0.2, -0.15) is 0 Å². The average molecular weight is 425 g/mol. The van der Waals surface area contributed by atoms with E-state index in [0.29, 0.717) is 31.6 Å². The van der Waals surface area contributed by atoms with E-state index < -0.39 is 6.04 Å². The zero-order valence-electron chi connectivity index (χ0n) is 19.1. The molecule has 0 fully saturated rings. The predicted molar refractivity (Wildman–Crippen MR) is 127 cm³/mol. The van der Waals surface area contributed by atoms with Gasteiger partial charge in [0.25, 0.3) is 0 Å². The van der Waals surface area contributed by atoms with Crippen molar-refractivity contribution in [1.82, 2.24) is 5.32 Å². The molecular weight excluding hydrogens is 388 g/mol. The summed E-state index contributed by atoms with van der Waals surface area (Å²) in [5.41, 5.74) is 0.721. The molecule has 0 heterocycles. The van der Waals surface area contributed by atoms with Gasteiger partial charge in [0, 0.05) is 24.9 Å². The Labute approximate surface area is 186 Å². The first-order valence-electron chi connectivity index (χ1n) is 11.5. The Balaban J connectivity index is 1.97. The lowest BCUT2D eigenvalue weighted by Crippen LogP contribution is -2.43. The van der Waals surface area contributed by atoms with Crippen LogP contribution in [-0.4, -0.2) is 23.6 Å². The van der Waals surface area contributed by atoms with E-state index in [9.17, 15) is 14.4 Å². The van der Waals surface area contributed by atoms with Crippen molar-refractivity contribution in [2.45, 2.75) is 78.2 Å². The minimum absolute atomic E-state index is 0.0893. The highest BCUT2D eigenvalue weighted by Gasteiger charge is 2.21. The van der Waals surface area contributed by atoms with Gasteiger partial charge < -0.3 is 10.6 Å². The SMILES string of the molecule is CCC(=O)CCCCC[C@H](NC(=O)CCC(C)C)C(=O)Nc1ccc2ccccc2c1. The standard InChI is InChI=1S/C26H36N2O3/c1-4-23(29)12-6-5-7-13-24(28-25(30)17-14-19(2)3)26(31)27-22-16-15-20-10-8-9-11-21(20)18-22/h8-11,15-16,18-19,24H,4-7,12-14,17H2,1-3H3,(H,27,31)(H,28,30)/t24-/m0/s1. The Morgan fingerprint density at radius 2 is 1.61 bits per heavy atom. The first-order valence-corrected chi connectivity index (χ1v) is 11.5. The third-order valence-electron chi connectivity index (χ3n) is 5.46. The maximum atomic E-state index is 13.0. The Morgan fingerprint density at radius 1 is 0.871 bits per heavy atom. The lowest BCUT2D eigenvalue weighted by Gasteiger charge is -2.19. The van der Waals surface area contributed by atoms with Crippen LogP contribution in [0, 0.1) is 5.92 Å². The fourth-order valence-corrected chi connectivity index (χ4v) is 3.48. The number of nitrogens with one attached hydrogen (secondary N) is 2. The maximum Gasteiger partial charge on any atom is 0.246 e. The number of ketones is 1. The predicted octanol–water partition coefficient (Wildman–Crippen LogP) is 5.63. The van der Waals surface area contributed by atoms with E-state index in [1.54, 1.807) is 0 Å². The van der Waals surface area contributed by atoms with Gasteiger partial charge in [0.2, 0.25) is 11.8 Å². The van der Waals surface area contributed by atoms with E-state index in [2.05, 4.69) is 24.5 Å². The smallest absolute Gasteiger partial charge is 0.246 e. The van der Waals surface area contributed by atoms with Crippen LogP contribution in [0.4, 0.5) is 5.69 Å². The molecule has 0 aromatic heterocycles. The van der Waals surface area contributed by atoms with Gasteiger partial charge in [0.1, 0.15) is 11.8 Å². The van der Waals surface area contributed by atoms with E-state index in [1.807, 2.05) is 49.4 Å². The first kappa shape index (κ1) is 24.6. The monoisotopic (exact) mass is 424 g/mol. The molecule has 0 spiro atoms. The molecule has 0 bridgehead atoms. The summed E-state index contributed by atoms with van der Waals surface area (Å²) >= 11 is 0. The van der Waals surface area contributed by atoms with Crippen LogP contribution in [-0.2, 0) is 14.4 Å². The quantitative estimate of drug-likeness (QED) is 0.409. The number of fused-ring (bicyclic) bond motifs is 1. The summed E-state index contributed by atoms with van der Waals surface area (Å²) in [7, 11) is 0. The van der Waals surface area contributed by atoms with Crippen molar-refractivity contribution in [3.8, 4) is 0 Å². The van der Waals surface area contributed by atoms with Crippen molar-refractivity contribution in [2.24, 2.45) is 5.92 Å². The molecule has 2 N–H and O–H groups in total. The van der Waals surface area contributed by atoms with Crippen LogP contribution in [0.15, 0.2) is 42.5 Å². The Hall–Kier alpha value is -2.69. The Kier molecular flexibility index (Phi) is 10.2. The fourth-order valence-electron chi connectivity index (χ4n) is 3.48. The largest absolute Gasteiger partial charge is 0.344 e. The number of Topliss-reactive ketones (excluding diaryl/α,β-unsaturated/α-hetero) is 1. The van der Waals surface area contributed by atoms with Crippen LogP contribution in [0.25, 0.3) is 10.8 Å². The van der Waals surface area contributed by atoms with Crippen molar-refractivity contribution in [3.63, 3.8) is 0 Å². The molecule has 5 nitrogen and oxygen atoms in total. The summed E-state index contributed by atoms with van der Waals surface area (Å²) in [6, 6.07) is 13.2. The van der Waals surface area contributed by atoms with Crippen molar-refractivity contribution >= 4 is 34.1 Å². The molecule has 1 atom stereocenters. The molecule has 31 heavy (non-hydrogen) atoms. The molecule has 2 aromatic carbocycles. The number of anilines is 1. The second-order valence-corrected chi connectivity index (χ2v) is 8.60. The topological polar surface area (TPSA) is 75.3 Å². The molecule has 2 rings (SSSR count). The van der Waals surface area contributed by atoms with Crippen molar-refractivity contribution in [3.05, 3.63) is 42.5 Å². The summed E-state index contributed by atoms with van der Waals surface area (Å²) in [6.07, 6.45) is 5.42. The summed E-state index contributed by atoms with van der Waals surface area (Å²) in [6.45, 7) is 6.03. The zero-order valence-corrected chi connectivity index (χ0v) is 19.1. The highest BCUT2D eigenvalue weighted by atomic mass is 16.2. The number of hydrogen-bond donors (Lipinski definition) is 2. The van der Waals surface area contributed by atoms with Gasteiger partial charge in [0.15, 0.2) is 0 Å². The highest BCUT2D eigenvalue weighted by molar-refractivity contribution is 5.99. The lowest BCUT2D eigenvalue weighted by atomic mass is 10.0. The van der Waals surface area contributed by atoms with Gasteiger partial charge in [-0.3, -0.25) is 14.4 Å². The number of carbonyl (C=O) groups is 3. The summed E-state index contributed by atoms with van der Waals surface area (Å²) in [5.74, 6) is 0.422. The Bertz CT molecular complexity index is 876. The molecule has 0 aliphatic heterocycles. The number of benzene rings is 2. The first-order chi connectivity index (χ1) is 14.9. The maximum absolute atomic E-state index is 13.0. The highest BCUT2D eigenvalue weighted by Crippen LogP contribution is 2.19. The van der Waals surface area contributed by atoms with E-state index in [1.165, 1.54) is 0 Å². The minimum Gasteiger partial charge on any atom is -0.344 e. The molecule has 0 saturated carbocycles. The van der Waals surface area contributed by atoms with Gasteiger partial charge in [-0.25, -0.2) is 0 Å². The van der Waals surface area contributed by atoms with Gasteiger partial charge in [-0.1, -0.05) is 63.9 Å². The van der Waals surface area contributed by atoms with Crippen LogP contribution < -0.4 is 10.6 Å². The number of carbonyl (C=O) groups excluding carboxylic acids is 3. The third-order valence-corrected chi connectivity index (χ3v) is 5.46. The molecule has 2 aromatic rings. The molecule has 0 radical (unpaired) electrons. The number of unbranched alkanes of at least 4 members (excludes halogenated alkanes) is 2. The normalized spacial score (nSPS) is 12.0. The van der Waals surface area contributed by atoms with Crippen LogP contribution in [0.5, 0.6) is 0 Å². The zero-order chi connectivity index (χ0) is 22.6. The van der Waals surface area contributed by atoms with Crippen molar-refractivity contribution < 1.29 is 14.4 Å². The lowest BCUT2D eigenvalue weighted by molar-refractivity contribution is -0.126. The van der Waals surface area contributed by atoms with E-state index >= 15 is 0 Å². The molecular formula is C26H36N2O3. The van der Waals surface area contributed by atoms with Gasteiger partial charge in [-0.05, 0) is 48.1 Å². The molecule has 0 saturated heterocycles. The van der Waals surface area contributed by atoms with Crippen LogP contribution in [0.1, 0.15) is 72.1 Å². The van der Waals surface area contributed by atoms with E-state index in [4.69, 9.17) is 0 Å². The van der Waals surface area contributed by atoms with Gasteiger partial charge in [-0.15, -0.1) is 0 Å². The van der Waals surface area contributed by atoms with E-state index in [-0.39, 0.29) is 17.6 Å². The Morgan fingerprint density at radius 3 is 2.32 bits per heavy atom. The molecule has 0 unspecified atom stereocenters. The van der Waals surface area contributed by atoms with Gasteiger partial charge in [0.05, 0.1) is 0 Å². The van der Waals surface area contributed by atoms with Crippen LogP contribution in [0.2, 0.25) is 0 Å². The average Bonchev–Trinajstić information content (AvgIpc) is 2.76. The molecule has 0 aliphatic rings. The van der Waals surface area contributed by atoms with Crippen molar-refractivity contribution in [1.29, 1.82) is 0 Å². The second kappa shape index (κ2) is 12.9. The molecule has 168 valence electrons. The summed E-state index contributed by atoms with van der Waals surface area (Å²) in [4.78, 5) is 36.8. The summed E-state index contributed by atoms with van der Waals surface area (Å²) in [5, 5.41) is 8.05. The molecule has 5 heteroatoms. The fraction of sp³-hybridized carbons (Fsp3) is 0.500. The molecule has 2 amide bonds. The minimum atomic E-state index is -0.576.